The Labute approximate surface area is 124 Å². The smallest absolute Gasteiger partial charge is 0.245 e. The number of methoxy groups -OCH3 is 1. The van der Waals surface area contributed by atoms with Gasteiger partial charge < -0.3 is 15.6 Å². The number of anilines is 1. The van der Waals surface area contributed by atoms with Crippen molar-refractivity contribution in [2.75, 3.05) is 12.8 Å². The summed E-state index contributed by atoms with van der Waals surface area (Å²) in [6.45, 7) is 0. The second-order valence-electron chi connectivity index (χ2n) is 5.75. The number of nitrogens with zero attached hydrogens (tertiary/aromatic N) is 1. The number of aliphatic hydroxyl groups is 1. The van der Waals surface area contributed by atoms with Crippen molar-refractivity contribution in [2.24, 2.45) is 0 Å². The van der Waals surface area contributed by atoms with Gasteiger partial charge in [0.25, 0.3) is 0 Å². The van der Waals surface area contributed by atoms with Gasteiger partial charge in [0.05, 0.1) is 18.9 Å². The fourth-order valence-corrected chi connectivity index (χ4v) is 5.49. The van der Waals surface area contributed by atoms with Crippen molar-refractivity contribution in [3.05, 3.63) is 18.2 Å². The maximum Gasteiger partial charge on any atom is 0.245 e. The molecule has 0 aromatic heterocycles. The van der Waals surface area contributed by atoms with E-state index in [4.69, 9.17) is 10.5 Å². The summed E-state index contributed by atoms with van der Waals surface area (Å²) in [5.74, 6) is 0.531. The van der Waals surface area contributed by atoms with Crippen molar-refractivity contribution in [3.63, 3.8) is 0 Å². The summed E-state index contributed by atoms with van der Waals surface area (Å²) in [5, 5.41) is 9.80. The topological polar surface area (TPSA) is 92.9 Å². The van der Waals surface area contributed by atoms with Gasteiger partial charge in [-0.1, -0.05) is 0 Å². The quantitative estimate of drug-likeness (QED) is 0.811. The number of benzene rings is 1. The second kappa shape index (κ2) is 5.15. The van der Waals surface area contributed by atoms with Crippen LogP contribution in [0.2, 0.25) is 0 Å². The number of nitrogen functional groups attached to an aromatic ring is 1. The van der Waals surface area contributed by atoms with Gasteiger partial charge in [-0.05, 0) is 37.8 Å². The molecule has 2 aliphatic rings. The lowest BCUT2D eigenvalue weighted by Crippen LogP contribution is -2.47. The van der Waals surface area contributed by atoms with Crippen LogP contribution in [-0.2, 0) is 10.0 Å². The summed E-state index contributed by atoms with van der Waals surface area (Å²) >= 11 is 0. The first-order valence-corrected chi connectivity index (χ1v) is 8.52. The molecule has 21 heavy (non-hydrogen) atoms. The molecule has 0 spiro atoms. The summed E-state index contributed by atoms with van der Waals surface area (Å²) in [7, 11) is -2.13. The molecule has 0 aliphatic carbocycles. The van der Waals surface area contributed by atoms with Crippen LogP contribution in [0.4, 0.5) is 5.69 Å². The minimum atomic E-state index is -3.64. The van der Waals surface area contributed by atoms with E-state index in [1.54, 1.807) is 10.4 Å². The third-order valence-electron chi connectivity index (χ3n) is 4.41. The third kappa shape index (κ3) is 2.39. The summed E-state index contributed by atoms with van der Waals surface area (Å²) in [5.41, 5.74) is 6.09. The zero-order chi connectivity index (χ0) is 15.2. The Morgan fingerprint density at radius 3 is 2.43 bits per heavy atom. The molecule has 3 rings (SSSR count). The average Bonchev–Trinajstić information content (AvgIpc) is 2.72. The second-order valence-corrected chi connectivity index (χ2v) is 7.56. The molecule has 2 heterocycles. The zero-order valence-electron chi connectivity index (χ0n) is 11.9. The van der Waals surface area contributed by atoms with Gasteiger partial charge in [-0.15, -0.1) is 0 Å². The standard InChI is InChI=1S/C14H20N2O4S/c1-20-12-4-5-14(13(15)8-12)21(18,19)16-9-2-3-10(16)7-11(17)6-9/h4-5,8-11,17H,2-3,6-7,15H2,1H3. The van der Waals surface area contributed by atoms with E-state index >= 15 is 0 Å². The van der Waals surface area contributed by atoms with Crippen molar-refractivity contribution in [3.8, 4) is 5.75 Å². The van der Waals surface area contributed by atoms with E-state index in [2.05, 4.69) is 0 Å². The minimum absolute atomic E-state index is 0.120. The summed E-state index contributed by atoms with van der Waals surface area (Å²) in [4.78, 5) is 0.122. The van der Waals surface area contributed by atoms with E-state index in [0.717, 1.165) is 12.8 Å². The van der Waals surface area contributed by atoms with Gasteiger partial charge in [0, 0.05) is 18.2 Å². The molecule has 6 nitrogen and oxygen atoms in total. The Balaban J connectivity index is 1.98. The van der Waals surface area contributed by atoms with Crippen LogP contribution in [0.1, 0.15) is 25.7 Å². The summed E-state index contributed by atoms with van der Waals surface area (Å²) in [6, 6.07) is 4.38. The Bertz CT molecular complexity index is 632. The zero-order valence-corrected chi connectivity index (χ0v) is 12.7. The molecule has 0 radical (unpaired) electrons. The molecule has 1 aromatic carbocycles. The van der Waals surface area contributed by atoms with E-state index in [1.165, 1.54) is 19.2 Å². The van der Waals surface area contributed by atoms with Crippen LogP contribution in [0, 0.1) is 0 Å². The van der Waals surface area contributed by atoms with E-state index in [0.29, 0.717) is 18.6 Å². The predicted molar refractivity (Wildman–Crippen MR) is 78.5 cm³/mol. The monoisotopic (exact) mass is 312 g/mol. The van der Waals surface area contributed by atoms with Gasteiger partial charge in [-0.3, -0.25) is 0 Å². The third-order valence-corrected chi connectivity index (χ3v) is 6.49. The van der Waals surface area contributed by atoms with Gasteiger partial charge in [-0.2, -0.15) is 4.31 Å². The van der Waals surface area contributed by atoms with Crippen LogP contribution >= 0.6 is 0 Å². The van der Waals surface area contributed by atoms with Crippen LogP contribution in [0.5, 0.6) is 5.75 Å². The number of rotatable bonds is 3. The summed E-state index contributed by atoms with van der Waals surface area (Å²) in [6.07, 6.45) is 2.22. The number of ether oxygens (including phenoxy) is 1. The summed E-state index contributed by atoms with van der Waals surface area (Å²) < 4.78 is 32.4. The molecule has 1 aromatic rings. The number of fused-ring (bicyclic) bond motifs is 2. The first kappa shape index (κ1) is 14.6. The average molecular weight is 312 g/mol. The first-order valence-electron chi connectivity index (χ1n) is 7.08. The van der Waals surface area contributed by atoms with Gasteiger partial charge in [0.1, 0.15) is 10.6 Å². The number of aliphatic hydroxyl groups excluding tert-OH is 1. The van der Waals surface area contributed by atoms with Crippen molar-refractivity contribution in [1.82, 2.24) is 4.31 Å². The normalized spacial score (nSPS) is 29.5. The van der Waals surface area contributed by atoms with E-state index in [1.807, 2.05) is 0 Å². The highest BCUT2D eigenvalue weighted by molar-refractivity contribution is 7.89. The molecule has 0 amide bonds. The maximum absolute atomic E-state index is 12.9. The lowest BCUT2D eigenvalue weighted by atomic mass is 10.0. The van der Waals surface area contributed by atoms with Crippen LogP contribution in [0.15, 0.2) is 23.1 Å². The molecule has 2 atom stereocenters. The Kier molecular flexibility index (Phi) is 3.59. The lowest BCUT2D eigenvalue weighted by molar-refractivity contribution is 0.0769. The molecule has 2 aliphatic heterocycles. The molecule has 2 unspecified atom stereocenters. The van der Waals surface area contributed by atoms with Gasteiger partial charge >= 0.3 is 0 Å². The van der Waals surface area contributed by atoms with Gasteiger partial charge in [0.2, 0.25) is 10.0 Å². The van der Waals surface area contributed by atoms with Gasteiger partial charge in [-0.25, -0.2) is 8.42 Å². The molecule has 2 saturated heterocycles. The highest BCUT2D eigenvalue weighted by Crippen LogP contribution is 2.41. The van der Waals surface area contributed by atoms with Crippen molar-refractivity contribution in [1.29, 1.82) is 0 Å². The van der Waals surface area contributed by atoms with E-state index < -0.39 is 16.1 Å². The van der Waals surface area contributed by atoms with Crippen LogP contribution in [0.25, 0.3) is 0 Å². The lowest BCUT2D eigenvalue weighted by Gasteiger charge is -2.36. The van der Waals surface area contributed by atoms with E-state index in [9.17, 15) is 13.5 Å². The number of piperidine rings is 1. The highest BCUT2D eigenvalue weighted by atomic mass is 32.2. The fraction of sp³-hybridized carbons (Fsp3) is 0.571. The molecule has 2 bridgehead atoms. The Morgan fingerprint density at radius 1 is 1.29 bits per heavy atom. The van der Waals surface area contributed by atoms with Crippen molar-refractivity contribution < 1.29 is 18.3 Å². The predicted octanol–water partition coefficient (Wildman–Crippen LogP) is 0.954. The fourth-order valence-electron chi connectivity index (χ4n) is 3.50. The molecule has 2 fully saturated rings. The van der Waals surface area contributed by atoms with Crippen LogP contribution in [-0.4, -0.2) is 43.1 Å². The molecular formula is C14H20N2O4S. The Hall–Kier alpha value is -1.31. The number of hydrogen-bond acceptors (Lipinski definition) is 5. The van der Waals surface area contributed by atoms with Crippen molar-refractivity contribution >= 4 is 15.7 Å². The number of nitrogens with two attached hydrogens (primary N) is 1. The van der Waals surface area contributed by atoms with Gasteiger partial charge in [0.15, 0.2) is 0 Å². The first-order chi connectivity index (χ1) is 9.93. The number of sulfonamides is 1. The van der Waals surface area contributed by atoms with Crippen LogP contribution in [0.3, 0.4) is 0 Å². The minimum Gasteiger partial charge on any atom is -0.497 e. The van der Waals surface area contributed by atoms with Crippen LogP contribution < -0.4 is 10.5 Å². The van der Waals surface area contributed by atoms with Crippen molar-refractivity contribution in [2.45, 2.75) is 48.8 Å². The largest absolute Gasteiger partial charge is 0.497 e. The Morgan fingerprint density at radius 2 is 1.90 bits per heavy atom. The number of hydrogen-bond donors (Lipinski definition) is 2. The molecule has 3 N–H and O–H groups in total. The molecular weight excluding hydrogens is 292 g/mol. The van der Waals surface area contributed by atoms with E-state index in [-0.39, 0.29) is 22.7 Å². The SMILES string of the molecule is COc1ccc(S(=O)(=O)N2C3CCC2CC(O)C3)c(N)c1. The molecule has 0 saturated carbocycles. The highest BCUT2D eigenvalue weighted by Gasteiger charge is 2.47. The maximum atomic E-state index is 12.9. The molecule has 7 heteroatoms. The molecule has 116 valence electrons.